The van der Waals surface area contributed by atoms with E-state index in [4.69, 9.17) is 32.7 Å². The van der Waals surface area contributed by atoms with E-state index in [-0.39, 0.29) is 17.6 Å². The third-order valence-electron chi connectivity index (χ3n) is 5.26. The van der Waals surface area contributed by atoms with E-state index in [1.165, 1.54) is 0 Å². The van der Waals surface area contributed by atoms with Crippen LogP contribution in [-0.4, -0.2) is 24.0 Å². The molecule has 0 aliphatic carbocycles. The van der Waals surface area contributed by atoms with Crippen molar-refractivity contribution in [3.8, 4) is 11.5 Å². The van der Waals surface area contributed by atoms with Gasteiger partial charge in [-0.25, -0.2) is 0 Å². The lowest BCUT2D eigenvalue weighted by Gasteiger charge is -2.29. The van der Waals surface area contributed by atoms with E-state index in [9.17, 15) is 0 Å². The second-order valence-electron chi connectivity index (χ2n) is 7.77. The van der Waals surface area contributed by atoms with Crippen molar-refractivity contribution >= 4 is 86.9 Å². The summed E-state index contributed by atoms with van der Waals surface area (Å²) in [4.78, 5) is 0. The molecule has 172 valence electrons. The quantitative estimate of drug-likeness (QED) is 0.227. The van der Waals surface area contributed by atoms with E-state index in [0.29, 0.717) is 11.8 Å². The van der Waals surface area contributed by atoms with E-state index >= 15 is 0 Å². The second-order valence-corrected chi connectivity index (χ2v) is 11.8. The maximum absolute atomic E-state index is 6.09. The van der Waals surface area contributed by atoms with E-state index in [0.717, 1.165) is 53.4 Å². The standard InChI is InChI=1S/C23H26Br4Cl2O2/c1-5-15(11-28)30-21-17(24)7-13(8-18(21)25)23(3,4)14-9-19(26)22(20(27)10-14)31-16(6-2)12-29/h7-10,15-16H,5-6,11-12H2,1-4H3. The molecule has 2 nitrogen and oxygen atoms in total. The fraction of sp³-hybridized carbons (Fsp3) is 0.478. The minimum atomic E-state index is -0.277. The summed E-state index contributed by atoms with van der Waals surface area (Å²) in [6.07, 6.45) is 1.61. The van der Waals surface area contributed by atoms with Crippen LogP contribution in [0.5, 0.6) is 11.5 Å². The molecule has 0 fully saturated rings. The lowest BCUT2D eigenvalue weighted by Crippen LogP contribution is -2.21. The van der Waals surface area contributed by atoms with Crippen molar-refractivity contribution in [2.24, 2.45) is 0 Å². The molecule has 0 N–H and O–H groups in total. The molecule has 8 heteroatoms. The molecule has 2 rings (SSSR count). The Morgan fingerprint density at radius 3 is 1.23 bits per heavy atom. The van der Waals surface area contributed by atoms with Gasteiger partial charge >= 0.3 is 0 Å². The Morgan fingerprint density at radius 1 is 0.710 bits per heavy atom. The van der Waals surface area contributed by atoms with Gasteiger partial charge < -0.3 is 9.47 Å². The minimum absolute atomic E-state index is 0.0347. The number of benzene rings is 2. The molecule has 2 aromatic carbocycles. The van der Waals surface area contributed by atoms with Gasteiger partial charge in [0.2, 0.25) is 0 Å². The van der Waals surface area contributed by atoms with Crippen molar-refractivity contribution < 1.29 is 9.47 Å². The summed E-state index contributed by atoms with van der Waals surface area (Å²) in [6, 6.07) is 8.42. The first-order valence-corrected chi connectivity index (χ1v) is 14.3. The lowest BCUT2D eigenvalue weighted by molar-refractivity contribution is 0.217. The lowest BCUT2D eigenvalue weighted by atomic mass is 9.78. The van der Waals surface area contributed by atoms with Gasteiger partial charge in [0.05, 0.1) is 29.7 Å². The zero-order chi connectivity index (χ0) is 23.3. The number of rotatable bonds is 10. The molecular formula is C23H26Br4Cl2O2. The number of ether oxygens (including phenoxy) is 2. The highest BCUT2D eigenvalue weighted by molar-refractivity contribution is 9.11. The van der Waals surface area contributed by atoms with Crippen molar-refractivity contribution in [3.63, 3.8) is 0 Å². The fourth-order valence-corrected chi connectivity index (χ4v) is 6.32. The molecule has 2 unspecified atom stereocenters. The van der Waals surface area contributed by atoms with Crippen LogP contribution < -0.4 is 9.47 Å². The highest BCUT2D eigenvalue weighted by atomic mass is 79.9. The highest BCUT2D eigenvalue weighted by Gasteiger charge is 2.28. The van der Waals surface area contributed by atoms with E-state index in [2.05, 4.69) is 116 Å². The zero-order valence-electron chi connectivity index (χ0n) is 17.9. The Bertz CT molecular complexity index is 780. The van der Waals surface area contributed by atoms with Crippen molar-refractivity contribution in [2.45, 2.75) is 58.2 Å². The molecule has 31 heavy (non-hydrogen) atoms. The molecular weight excluding hydrogens is 699 g/mol. The molecule has 0 bridgehead atoms. The van der Waals surface area contributed by atoms with Gasteiger partial charge in [-0.1, -0.05) is 27.7 Å². The highest BCUT2D eigenvalue weighted by Crippen LogP contribution is 2.44. The number of halogens is 6. The van der Waals surface area contributed by atoms with Crippen molar-refractivity contribution in [3.05, 3.63) is 53.3 Å². The average molecular weight is 725 g/mol. The molecule has 0 spiro atoms. The van der Waals surface area contributed by atoms with Gasteiger partial charge in [0.1, 0.15) is 23.7 Å². The normalized spacial score (nSPS) is 13.7. The molecule has 0 saturated heterocycles. The summed E-state index contributed by atoms with van der Waals surface area (Å²) in [6.45, 7) is 8.51. The molecule has 2 aromatic rings. The van der Waals surface area contributed by atoms with Crippen LogP contribution in [0.15, 0.2) is 42.2 Å². The van der Waals surface area contributed by atoms with Gasteiger partial charge in [0.15, 0.2) is 0 Å². The molecule has 0 aromatic heterocycles. The van der Waals surface area contributed by atoms with Crippen LogP contribution in [0.1, 0.15) is 51.7 Å². The predicted molar refractivity (Wildman–Crippen MR) is 147 cm³/mol. The van der Waals surface area contributed by atoms with Crippen LogP contribution >= 0.6 is 86.9 Å². The summed E-state index contributed by atoms with van der Waals surface area (Å²) in [5, 5.41) is 0. The first kappa shape index (κ1) is 27.8. The van der Waals surface area contributed by atoms with Crippen LogP contribution in [0.4, 0.5) is 0 Å². The molecule has 0 aliphatic heterocycles. The van der Waals surface area contributed by atoms with Crippen molar-refractivity contribution in [2.75, 3.05) is 11.8 Å². The van der Waals surface area contributed by atoms with Crippen LogP contribution in [0.2, 0.25) is 0 Å². The summed E-state index contributed by atoms with van der Waals surface area (Å²) < 4.78 is 15.7. The SMILES string of the molecule is CCC(CCl)Oc1c(Br)cc(C(C)(C)c2cc(Br)c(OC(CC)CCl)c(Br)c2)cc1Br. The number of hydrogen-bond acceptors (Lipinski definition) is 2. The van der Waals surface area contributed by atoms with E-state index < -0.39 is 0 Å². The first-order chi connectivity index (χ1) is 14.6. The van der Waals surface area contributed by atoms with Crippen molar-refractivity contribution in [1.29, 1.82) is 0 Å². The molecule has 2 atom stereocenters. The summed E-state index contributed by atoms with van der Waals surface area (Å²) >= 11 is 26.8. The molecule has 0 heterocycles. The van der Waals surface area contributed by atoms with Gasteiger partial charge in [0.25, 0.3) is 0 Å². The Labute approximate surface area is 229 Å². The number of hydrogen-bond donors (Lipinski definition) is 0. The molecule has 0 radical (unpaired) electrons. The minimum Gasteiger partial charge on any atom is -0.487 e. The second kappa shape index (κ2) is 12.3. The molecule has 0 saturated carbocycles. The third kappa shape index (κ3) is 6.79. The van der Waals surface area contributed by atoms with Crippen LogP contribution in [0, 0.1) is 0 Å². The molecule has 0 aliphatic rings. The van der Waals surface area contributed by atoms with E-state index in [1.54, 1.807) is 0 Å². The largest absolute Gasteiger partial charge is 0.487 e. The smallest absolute Gasteiger partial charge is 0.148 e. The van der Waals surface area contributed by atoms with Crippen LogP contribution in [0.3, 0.4) is 0 Å². The third-order valence-corrected chi connectivity index (χ3v) is 8.31. The number of alkyl halides is 2. The van der Waals surface area contributed by atoms with Gasteiger partial charge in [0, 0.05) is 5.41 Å². The van der Waals surface area contributed by atoms with Gasteiger partial charge in [-0.3, -0.25) is 0 Å². The van der Waals surface area contributed by atoms with E-state index in [1.807, 2.05) is 0 Å². The van der Waals surface area contributed by atoms with Gasteiger partial charge in [-0.2, -0.15) is 0 Å². The van der Waals surface area contributed by atoms with Gasteiger partial charge in [-0.05, 0) is 112 Å². The van der Waals surface area contributed by atoms with Crippen molar-refractivity contribution in [1.82, 2.24) is 0 Å². The van der Waals surface area contributed by atoms with Crippen LogP contribution in [0.25, 0.3) is 0 Å². The Hall–Kier alpha value is 0.540. The maximum atomic E-state index is 6.09. The summed E-state index contributed by atoms with van der Waals surface area (Å²) in [7, 11) is 0. The first-order valence-electron chi connectivity index (χ1n) is 10.0. The van der Waals surface area contributed by atoms with Gasteiger partial charge in [-0.15, -0.1) is 23.2 Å². The topological polar surface area (TPSA) is 18.5 Å². The average Bonchev–Trinajstić information content (AvgIpc) is 2.73. The Balaban J connectivity index is 2.43. The van der Waals surface area contributed by atoms with Crippen LogP contribution in [-0.2, 0) is 5.41 Å². The summed E-state index contributed by atoms with van der Waals surface area (Å²) in [5.74, 6) is 2.43. The fourth-order valence-electron chi connectivity index (χ4n) is 3.01. The maximum Gasteiger partial charge on any atom is 0.148 e. The summed E-state index contributed by atoms with van der Waals surface area (Å²) in [5.41, 5.74) is 2.00. The Morgan fingerprint density at radius 2 is 1.00 bits per heavy atom. The monoisotopic (exact) mass is 720 g/mol. The Kier molecular flexibility index (Phi) is 11.0. The zero-order valence-corrected chi connectivity index (χ0v) is 25.7. The molecule has 0 amide bonds. The predicted octanol–water partition coefficient (Wildman–Crippen LogP) is 9.85.